The second-order valence-corrected chi connectivity index (χ2v) is 6.71. The zero-order valence-corrected chi connectivity index (χ0v) is 11.9. The Morgan fingerprint density at radius 1 is 1.14 bits per heavy atom. The molecule has 2 aliphatic carbocycles. The molecule has 3 N–H and O–H groups in total. The van der Waals surface area contributed by atoms with Gasteiger partial charge in [-0.05, 0) is 24.2 Å². The van der Waals surface area contributed by atoms with Gasteiger partial charge in [-0.1, -0.05) is 13.8 Å². The van der Waals surface area contributed by atoms with Crippen LogP contribution in [0, 0.1) is 11.3 Å². The van der Waals surface area contributed by atoms with Crippen LogP contribution in [-0.2, 0) is 10.2 Å². The lowest BCUT2D eigenvalue weighted by molar-refractivity contribution is -0.124. The van der Waals surface area contributed by atoms with E-state index < -0.39 is 16.7 Å². The fourth-order valence-electron chi connectivity index (χ4n) is 4.37. The average molecular weight is 288 g/mol. The van der Waals surface area contributed by atoms with Gasteiger partial charge in [0, 0.05) is 6.42 Å². The molecule has 0 saturated heterocycles. The van der Waals surface area contributed by atoms with Crippen LogP contribution < -0.4 is 11.2 Å². The minimum atomic E-state index is -0.667. The Labute approximate surface area is 119 Å². The Morgan fingerprint density at radius 3 is 2.52 bits per heavy atom. The number of nitrogens with zero attached hydrogens (tertiary/aromatic N) is 1. The molecule has 4 rings (SSSR count). The molecule has 2 heterocycles. The third-order valence-corrected chi connectivity index (χ3v) is 5.69. The lowest BCUT2D eigenvalue weighted by atomic mass is 9.68. The van der Waals surface area contributed by atoms with Gasteiger partial charge in [0.15, 0.2) is 5.65 Å². The van der Waals surface area contributed by atoms with Crippen LogP contribution in [0.2, 0.25) is 0 Å². The molecule has 2 aliphatic rings. The van der Waals surface area contributed by atoms with E-state index in [1.165, 1.54) is 0 Å². The quantitative estimate of drug-likeness (QED) is 0.712. The van der Waals surface area contributed by atoms with Gasteiger partial charge in [0.25, 0.3) is 5.56 Å². The van der Waals surface area contributed by atoms with Gasteiger partial charge < -0.3 is 4.98 Å². The molecular formula is C14H16N4O3. The van der Waals surface area contributed by atoms with Crippen LogP contribution in [0.5, 0.6) is 0 Å². The van der Waals surface area contributed by atoms with Crippen LogP contribution in [0.3, 0.4) is 0 Å². The number of carbonyl (C=O) groups is 1. The molecular weight excluding hydrogens is 272 g/mol. The number of hydrogen-bond acceptors (Lipinski definition) is 4. The maximum atomic E-state index is 12.6. The molecule has 21 heavy (non-hydrogen) atoms. The van der Waals surface area contributed by atoms with E-state index in [-0.39, 0.29) is 22.4 Å². The van der Waals surface area contributed by atoms with Crippen molar-refractivity contribution in [2.75, 3.05) is 0 Å². The Balaban J connectivity index is 2.02. The van der Waals surface area contributed by atoms with Crippen molar-refractivity contribution in [3.05, 3.63) is 26.7 Å². The van der Waals surface area contributed by atoms with Crippen LogP contribution in [0.1, 0.15) is 38.9 Å². The number of aromatic amines is 3. The van der Waals surface area contributed by atoms with E-state index in [0.29, 0.717) is 18.2 Å². The van der Waals surface area contributed by atoms with Crippen molar-refractivity contribution in [3.8, 4) is 0 Å². The summed E-state index contributed by atoms with van der Waals surface area (Å²) in [6.07, 6.45) is 2.30. The van der Waals surface area contributed by atoms with Crippen LogP contribution in [0.15, 0.2) is 9.59 Å². The fraction of sp³-hybridized carbons (Fsp3) is 0.571. The number of carbonyl (C=O) groups excluding carboxylic acids is 1. The summed E-state index contributed by atoms with van der Waals surface area (Å²) in [7, 11) is 0. The first kappa shape index (κ1) is 12.6. The largest absolute Gasteiger partial charge is 0.335 e. The zero-order chi connectivity index (χ0) is 15.0. The molecule has 0 aliphatic heterocycles. The first-order valence-electron chi connectivity index (χ1n) is 7.12. The van der Waals surface area contributed by atoms with Crippen LogP contribution in [0.25, 0.3) is 11.2 Å². The third kappa shape index (κ3) is 1.29. The van der Waals surface area contributed by atoms with E-state index in [4.69, 9.17) is 0 Å². The van der Waals surface area contributed by atoms with Gasteiger partial charge in [0.05, 0.1) is 5.41 Å². The number of rotatable bonds is 1. The van der Waals surface area contributed by atoms with Gasteiger partial charge in [0.2, 0.25) is 0 Å². The minimum Gasteiger partial charge on any atom is -0.335 e. The molecule has 0 amide bonds. The predicted molar refractivity (Wildman–Crippen MR) is 75.1 cm³/mol. The SMILES string of the molecule is CC1(C)C2CCC1(c1nc3[nH]c(=O)[nH]c(=O)c3[nH]1)C(=O)C2. The van der Waals surface area contributed by atoms with E-state index in [9.17, 15) is 14.4 Å². The van der Waals surface area contributed by atoms with Crippen molar-refractivity contribution in [1.82, 2.24) is 19.9 Å². The van der Waals surface area contributed by atoms with Gasteiger partial charge >= 0.3 is 5.69 Å². The highest BCUT2D eigenvalue weighted by Gasteiger charge is 2.66. The summed E-state index contributed by atoms with van der Waals surface area (Å²) < 4.78 is 0. The number of imidazole rings is 1. The second-order valence-electron chi connectivity index (χ2n) is 6.71. The molecule has 2 unspecified atom stereocenters. The summed E-state index contributed by atoms with van der Waals surface area (Å²) in [4.78, 5) is 47.8. The van der Waals surface area contributed by atoms with Gasteiger partial charge in [-0.15, -0.1) is 0 Å². The first-order valence-corrected chi connectivity index (χ1v) is 7.12. The highest BCUT2D eigenvalue weighted by Crippen LogP contribution is 2.63. The van der Waals surface area contributed by atoms with Crippen molar-refractivity contribution in [2.24, 2.45) is 11.3 Å². The number of fused-ring (bicyclic) bond motifs is 3. The Kier molecular flexibility index (Phi) is 2.11. The monoisotopic (exact) mass is 288 g/mol. The van der Waals surface area contributed by atoms with Gasteiger partial charge in [-0.3, -0.25) is 19.6 Å². The topological polar surface area (TPSA) is 111 Å². The Bertz CT molecular complexity index is 887. The van der Waals surface area contributed by atoms with Crippen molar-refractivity contribution in [1.29, 1.82) is 0 Å². The molecule has 2 fully saturated rings. The highest BCUT2D eigenvalue weighted by molar-refractivity contribution is 5.94. The molecule has 2 bridgehead atoms. The normalized spacial score (nSPS) is 30.4. The molecule has 7 heteroatoms. The van der Waals surface area contributed by atoms with E-state index in [2.05, 4.69) is 33.8 Å². The average Bonchev–Trinajstić information content (AvgIpc) is 2.97. The maximum absolute atomic E-state index is 12.6. The number of nitrogens with one attached hydrogen (secondary N) is 3. The standard InChI is InChI=1S/C14H16N4O3/c1-13(2)6-3-4-14(13,7(19)5-6)11-15-8-9(16-11)17-12(21)18-10(8)20/h6H,3-5H2,1-2H3,(H3,15,16,17,18,20,21). The first-order chi connectivity index (χ1) is 9.86. The molecule has 7 nitrogen and oxygen atoms in total. The number of Topliss-reactive ketones (excluding diaryl/α,β-unsaturated/α-hetero) is 1. The van der Waals surface area contributed by atoms with Crippen molar-refractivity contribution < 1.29 is 4.79 Å². The molecule has 2 aromatic heterocycles. The molecule has 2 saturated carbocycles. The Morgan fingerprint density at radius 2 is 1.90 bits per heavy atom. The lowest BCUT2D eigenvalue weighted by Gasteiger charge is -2.34. The number of aromatic nitrogens is 4. The highest BCUT2D eigenvalue weighted by atomic mass is 16.2. The van der Waals surface area contributed by atoms with Crippen LogP contribution >= 0.6 is 0 Å². The predicted octanol–water partition coefficient (Wildman–Crippen LogP) is 0.586. The van der Waals surface area contributed by atoms with Crippen LogP contribution in [0.4, 0.5) is 0 Å². The van der Waals surface area contributed by atoms with Gasteiger partial charge in [-0.25, -0.2) is 9.78 Å². The Hall–Kier alpha value is -2.18. The summed E-state index contributed by atoms with van der Waals surface area (Å²) in [5.41, 5.74) is -1.53. The minimum absolute atomic E-state index is 0.182. The fourth-order valence-corrected chi connectivity index (χ4v) is 4.37. The summed E-state index contributed by atoms with van der Waals surface area (Å²) in [5, 5.41) is 0. The summed E-state index contributed by atoms with van der Waals surface area (Å²) in [6, 6.07) is 0. The van der Waals surface area contributed by atoms with Crippen molar-refractivity contribution in [3.63, 3.8) is 0 Å². The number of ketones is 1. The summed E-state index contributed by atoms with van der Waals surface area (Å²) >= 11 is 0. The zero-order valence-electron chi connectivity index (χ0n) is 11.9. The van der Waals surface area contributed by atoms with Gasteiger partial charge in [-0.2, -0.15) is 0 Å². The van der Waals surface area contributed by atoms with E-state index in [1.54, 1.807) is 0 Å². The molecule has 0 spiro atoms. The molecule has 0 radical (unpaired) electrons. The van der Waals surface area contributed by atoms with Crippen molar-refractivity contribution >= 4 is 16.9 Å². The second kappa shape index (κ2) is 3.52. The smallest absolute Gasteiger partial charge is 0.327 e. The number of H-pyrrole nitrogens is 3. The third-order valence-electron chi connectivity index (χ3n) is 5.69. The van der Waals surface area contributed by atoms with Crippen molar-refractivity contribution in [2.45, 2.75) is 38.5 Å². The molecule has 110 valence electrons. The summed E-state index contributed by atoms with van der Waals surface area (Å²) in [6.45, 7) is 4.19. The van der Waals surface area contributed by atoms with E-state index in [0.717, 1.165) is 12.8 Å². The molecule has 2 atom stereocenters. The van der Waals surface area contributed by atoms with E-state index >= 15 is 0 Å². The summed E-state index contributed by atoms with van der Waals surface area (Å²) in [5.74, 6) is 1.05. The lowest BCUT2D eigenvalue weighted by Crippen LogP contribution is -2.41. The van der Waals surface area contributed by atoms with Crippen LogP contribution in [-0.4, -0.2) is 25.7 Å². The maximum Gasteiger partial charge on any atom is 0.327 e. The number of hydrogen-bond donors (Lipinski definition) is 3. The van der Waals surface area contributed by atoms with Gasteiger partial charge in [0.1, 0.15) is 17.1 Å². The van der Waals surface area contributed by atoms with E-state index in [1.807, 2.05) is 0 Å². The molecule has 2 aromatic rings. The molecule has 0 aromatic carbocycles.